The average molecular weight is 541 g/mol. The van der Waals surface area contributed by atoms with Gasteiger partial charge in [0.1, 0.15) is 0 Å². The Bertz CT molecular complexity index is 723. The van der Waals surface area contributed by atoms with E-state index in [1.165, 1.54) is 19.3 Å². The summed E-state index contributed by atoms with van der Waals surface area (Å²) < 4.78 is 0. The molecule has 1 aliphatic rings. The highest BCUT2D eigenvalue weighted by molar-refractivity contribution is 5.93. The number of carboxylic acid groups (broad SMARTS) is 4. The third-order valence-corrected chi connectivity index (χ3v) is 9.32. The monoisotopic (exact) mass is 540 g/mol. The number of aliphatic carboxylic acids is 4. The zero-order valence-electron chi connectivity index (χ0n) is 23.9. The fourth-order valence-electron chi connectivity index (χ4n) is 7.16. The van der Waals surface area contributed by atoms with Crippen LogP contribution in [-0.2, 0) is 19.2 Å². The van der Waals surface area contributed by atoms with Gasteiger partial charge in [-0.3, -0.25) is 19.2 Å². The van der Waals surface area contributed by atoms with Crippen LogP contribution in [0.25, 0.3) is 0 Å². The molecule has 0 aliphatic heterocycles. The third-order valence-electron chi connectivity index (χ3n) is 9.32. The van der Waals surface area contributed by atoms with Gasteiger partial charge in [-0.2, -0.15) is 0 Å². The van der Waals surface area contributed by atoms with Gasteiger partial charge in [0.25, 0.3) is 0 Å². The van der Waals surface area contributed by atoms with E-state index in [1.54, 1.807) is 0 Å². The van der Waals surface area contributed by atoms with E-state index in [2.05, 4.69) is 13.8 Å². The Morgan fingerprint density at radius 2 is 1.05 bits per heavy atom. The van der Waals surface area contributed by atoms with Gasteiger partial charge in [-0.1, -0.05) is 85.5 Å². The van der Waals surface area contributed by atoms with E-state index in [9.17, 15) is 39.6 Å². The Morgan fingerprint density at radius 3 is 1.42 bits per heavy atom. The largest absolute Gasteiger partial charge is 0.481 e. The second-order valence-electron chi connectivity index (χ2n) is 11.6. The highest BCUT2D eigenvalue weighted by Crippen LogP contribution is 2.46. The molecule has 1 fully saturated rings. The molecule has 0 bridgehead atoms. The van der Waals surface area contributed by atoms with E-state index < -0.39 is 35.7 Å². The van der Waals surface area contributed by atoms with E-state index in [0.717, 1.165) is 44.9 Å². The average Bonchev–Trinajstić information content (AvgIpc) is 2.84. The Labute approximate surface area is 228 Å². The second-order valence-corrected chi connectivity index (χ2v) is 11.6. The smallest absolute Gasteiger partial charge is 0.318 e. The van der Waals surface area contributed by atoms with Crippen molar-refractivity contribution in [2.45, 2.75) is 118 Å². The minimum Gasteiger partial charge on any atom is -0.481 e. The highest BCUT2D eigenvalue weighted by Gasteiger charge is 2.37. The summed E-state index contributed by atoms with van der Waals surface area (Å²) in [7, 11) is 0. The van der Waals surface area contributed by atoms with E-state index in [-0.39, 0.29) is 11.8 Å². The number of hydrogen-bond donors (Lipinski definition) is 4. The van der Waals surface area contributed by atoms with Crippen LogP contribution in [0.3, 0.4) is 0 Å². The van der Waals surface area contributed by atoms with E-state index >= 15 is 0 Å². The first-order valence-electron chi connectivity index (χ1n) is 14.9. The number of unbranched alkanes of at least 4 members (excludes halogenated alkanes) is 2. The third kappa shape index (κ3) is 10.2. The van der Waals surface area contributed by atoms with Crippen molar-refractivity contribution in [2.24, 2.45) is 47.3 Å². The Kier molecular flexibility index (Phi) is 15.6. The molecule has 6 unspecified atom stereocenters. The molecule has 0 amide bonds. The van der Waals surface area contributed by atoms with Gasteiger partial charge in [-0.25, -0.2) is 0 Å². The molecule has 38 heavy (non-hydrogen) atoms. The lowest BCUT2D eigenvalue weighted by Crippen LogP contribution is -2.34. The molecule has 8 nitrogen and oxygen atoms in total. The summed E-state index contributed by atoms with van der Waals surface area (Å²) in [4.78, 5) is 45.8. The molecule has 4 N–H and O–H groups in total. The summed E-state index contributed by atoms with van der Waals surface area (Å²) >= 11 is 0. The molecule has 1 aliphatic carbocycles. The van der Waals surface area contributed by atoms with Crippen LogP contribution in [0.5, 0.6) is 0 Å². The minimum atomic E-state index is -1.34. The molecule has 1 saturated carbocycles. The van der Waals surface area contributed by atoms with E-state index in [0.29, 0.717) is 49.4 Å². The zero-order chi connectivity index (χ0) is 28.8. The topological polar surface area (TPSA) is 149 Å². The number of carboxylic acids is 4. The lowest BCUT2D eigenvalue weighted by molar-refractivity contribution is -0.159. The predicted molar refractivity (Wildman–Crippen MR) is 146 cm³/mol. The van der Waals surface area contributed by atoms with Crippen molar-refractivity contribution >= 4 is 23.9 Å². The fraction of sp³-hybridized carbons (Fsp3) is 0.867. The maximum atomic E-state index is 11.5. The summed E-state index contributed by atoms with van der Waals surface area (Å²) in [5.41, 5.74) is 0. The fourth-order valence-corrected chi connectivity index (χ4v) is 7.16. The SMILES string of the molecule is CCCC1CCC(C)C(CCCCC(CC)C(C(=O)O)C(=O)O)C1CCCCC(CC)C(C(=O)O)C(=O)O. The van der Waals surface area contributed by atoms with Crippen molar-refractivity contribution in [3.63, 3.8) is 0 Å². The molecule has 8 heteroatoms. The van der Waals surface area contributed by atoms with Crippen LogP contribution in [0.4, 0.5) is 0 Å². The van der Waals surface area contributed by atoms with E-state index in [4.69, 9.17) is 0 Å². The van der Waals surface area contributed by atoms with Crippen molar-refractivity contribution in [1.82, 2.24) is 0 Å². The minimum absolute atomic E-state index is 0.357. The summed E-state index contributed by atoms with van der Waals surface area (Å²) in [6, 6.07) is 0. The summed E-state index contributed by atoms with van der Waals surface area (Å²) in [5, 5.41) is 37.4. The molecule has 0 saturated heterocycles. The van der Waals surface area contributed by atoms with Crippen LogP contribution in [-0.4, -0.2) is 44.3 Å². The normalized spacial score (nSPS) is 23.3. The summed E-state index contributed by atoms with van der Waals surface area (Å²) in [6.07, 6.45) is 12.8. The van der Waals surface area contributed by atoms with E-state index in [1.807, 2.05) is 13.8 Å². The van der Waals surface area contributed by atoms with Gasteiger partial charge in [0.05, 0.1) is 0 Å². The quantitative estimate of drug-likeness (QED) is 0.0971. The first-order valence-corrected chi connectivity index (χ1v) is 14.9. The zero-order valence-corrected chi connectivity index (χ0v) is 23.9. The molecule has 0 aromatic heterocycles. The maximum absolute atomic E-state index is 11.5. The van der Waals surface area contributed by atoms with Gasteiger partial charge in [0, 0.05) is 0 Å². The van der Waals surface area contributed by atoms with Gasteiger partial charge in [-0.05, 0) is 67.6 Å². The molecule has 0 heterocycles. The van der Waals surface area contributed by atoms with Crippen LogP contribution in [0.2, 0.25) is 0 Å². The Morgan fingerprint density at radius 1 is 0.632 bits per heavy atom. The highest BCUT2D eigenvalue weighted by atomic mass is 16.4. The summed E-state index contributed by atoms with van der Waals surface area (Å²) in [6.45, 7) is 8.27. The van der Waals surface area contributed by atoms with Crippen LogP contribution in [0.15, 0.2) is 0 Å². The van der Waals surface area contributed by atoms with Crippen molar-refractivity contribution in [3.05, 3.63) is 0 Å². The first-order chi connectivity index (χ1) is 18.0. The standard InChI is InChI=1S/C30H52O8/c1-5-12-22-18-17-19(4)23(15-10-8-13-20(6-2)25(27(31)32)28(33)34)24(22)16-11-9-14-21(7-3)26(29(35)36)30(37)38/h19-26H,5-18H2,1-4H3,(H,31,32)(H,33,34)(H,35,36)(H,37,38). The van der Waals surface area contributed by atoms with Crippen LogP contribution in [0.1, 0.15) is 118 Å². The van der Waals surface area contributed by atoms with Gasteiger partial charge in [0.15, 0.2) is 11.8 Å². The van der Waals surface area contributed by atoms with Crippen LogP contribution < -0.4 is 0 Å². The molecule has 0 spiro atoms. The second kappa shape index (κ2) is 17.5. The number of carbonyl (C=O) groups is 4. The molecule has 220 valence electrons. The Hall–Kier alpha value is -2.12. The van der Waals surface area contributed by atoms with Crippen molar-refractivity contribution in [3.8, 4) is 0 Å². The predicted octanol–water partition coefficient (Wildman–Crippen LogP) is 6.81. The molecule has 0 aromatic rings. The molecule has 1 rings (SSSR count). The number of hydrogen-bond acceptors (Lipinski definition) is 4. The van der Waals surface area contributed by atoms with Crippen LogP contribution >= 0.6 is 0 Å². The van der Waals surface area contributed by atoms with Gasteiger partial charge >= 0.3 is 23.9 Å². The Balaban J connectivity index is 2.76. The molecule has 0 radical (unpaired) electrons. The maximum Gasteiger partial charge on any atom is 0.318 e. The summed E-state index contributed by atoms with van der Waals surface area (Å²) in [5.74, 6) is -5.99. The van der Waals surface area contributed by atoms with Crippen LogP contribution in [0, 0.1) is 47.3 Å². The molecule has 0 aromatic carbocycles. The molecule has 6 atom stereocenters. The van der Waals surface area contributed by atoms with Crippen molar-refractivity contribution < 1.29 is 39.6 Å². The molecular weight excluding hydrogens is 488 g/mol. The lowest BCUT2D eigenvalue weighted by Gasteiger charge is -2.43. The van der Waals surface area contributed by atoms with Crippen molar-refractivity contribution in [2.75, 3.05) is 0 Å². The van der Waals surface area contributed by atoms with Gasteiger partial charge < -0.3 is 20.4 Å². The number of rotatable bonds is 20. The first kappa shape index (κ1) is 33.9. The lowest BCUT2D eigenvalue weighted by atomic mass is 9.63. The van der Waals surface area contributed by atoms with Gasteiger partial charge in [-0.15, -0.1) is 0 Å². The van der Waals surface area contributed by atoms with Crippen molar-refractivity contribution in [1.29, 1.82) is 0 Å². The van der Waals surface area contributed by atoms with Gasteiger partial charge in [0.2, 0.25) is 0 Å². The molecular formula is C30H52O8.